The summed E-state index contributed by atoms with van der Waals surface area (Å²) >= 11 is 12.3. The zero-order valence-electron chi connectivity index (χ0n) is 15.4. The van der Waals surface area contributed by atoms with Gasteiger partial charge in [0.25, 0.3) is 0 Å². The Balaban J connectivity index is 2.16. The van der Waals surface area contributed by atoms with Crippen molar-refractivity contribution in [2.45, 2.75) is 32.1 Å². The average molecular weight is 386 g/mol. The number of hydrogen-bond acceptors (Lipinski definition) is 4. The van der Waals surface area contributed by atoms with Gasteiger partial charge in [-0.05, 0) is 69.6 Å². The maximum atomic E-state index is 6.25. The van der Waals surface area contributed by atoms with Crippen LogP contribution < -0.4 is 5.32 Å². The van der Waals surface area contributed by atoms with Gasteiger partial charge in [-0.25, -0.2) is 0 Å². The van der Waals surface area contributed by atoms with Gasteiger partial charge >= 0.3 is 0 Å². The predicted octanol–water partition coefficient (Wildman–Crippen LogP) is 4.42. The molecule has 4 nitrogen and oxygen atoms in total. The van der Waals surface area contributed by atoms with Crippen molar-refractivity contribution in [1.29, 1.82) is 0 Å². The molecule has 0 bridgehead atoms. The van der Waals surface area contributed by atoms with Gasteiger partial charge in [0.1, 0.15) is 7.11 Å². The van der Waals surface area contributed by atoms with Crippen molar-refractivity contribution < 1.29 is 4.84 Å². The van der Waals surface area contributed by atoms with E-state index in [-0.39, 0.29) is 5.92 Å². The highest BCUT2D eigenvalue weighted by Crippen LogP contribution is 2.30. The smallest absolute Gasteiger partial charge is 0.106 e. The number of rotatable bonds is 8. The van der Waals surface area contributed by atoms with Crippen molar-refractivity contribution >= 4 is 28.9 Å². The lowest BCUT2D eigenvalue weighted by molar-refractivity contribution is 0.188. The summed E-state index contributed by atoms with van der Waals surface area (Å²) in [6, 6.07) is 5.85. The van der Waals surface area contributed by atoms with Crippen LogP contribution >= 0.6 is 23.2 Å². The second-order valence-electron chi connectivity index (χ2n) is 6.83. The number of likely N-dealkylation sites (tertiary alicyclic amines) is 1. The molecule has 1 aliphatic heterocycles. The largest absolute Gasteiger partial charge is 0.399 e. The van der Waals surface area contributed by atoms with Crippen LogP contribution in [0.15, 0.2) is 23.4 Å². The molecule has 1 atom stereocenters. The Kier molecular flexibility index (Phi) is 8.50. The number of halogens is 2. The van der Waals surface area contributed by atoms with Gasteiger partial charge in [-0.3, -0.25) is 0 Å². The second-order valence-corrected chi connectivity index (χ2v) is 7.65. The van der Waals surface area contributed by atoms with Crippen LogP contribution in [0.25, 0.3) is 0 Å². The zero-order chi connectivity index (χ0) is 18.2. The Morgan fingerprint density at radius 1 is 1.32 bits per heavy atom. The van der Waals surface area contributed by atoms with E-state index in [0.29, 0.717) is 16.6 Å². The van der Waals surface area contributed by atoms with Gasteiger partial charge in [0, 0.05) is 12.5 Å². The molecule has 0 aliphatic carbocycles. The van der Waals surface area contributed by atoms with Gasteiger partial charge in [0.2, 0.25) is 0 Å². The van der Waals surface area contributed by atoms with Crippen molar-refractivity contribution in [2.75, 3.05) is 40.3 Å². The minimum absolute atomic E-state index is 0.154. The Morgan fingerprint density at radius 3 is 2.64 bits per heavy atom. The lowest BCUT2D eigenvalue weighted by Gasteiger charge is -2.31. The summed E-state index contributed by atoms with van der Waals surface area (Å²) in [6.45, 7) is 6.42. The molecule has 0 saturated carbocycles. The van der Waals surface area contributed by atoms with Crippen LogP contribution in [-0.2, 0) is 4.84 Å². The molecule has 1 saturated heterocycles. The molecule has 0 spiro atoms. The number of benzene rings is 1. The molecule has 0 aromatic heterocycles. The first-order valence-corrected chi connectivity index (χ1v) is 9.72. The highest BCUT2D eigenvalue weighted by molar-refractivity contribution is 6.42. The summed E-state index contributed by atoms with van der Waals surface area (Å²) in [6.07, 6.45) is 3.55. The highest BCUT2D eigenvalue weighted by atomic mass is 35.5. The third kappa shape index (κ3) is 6.14. The molecule has 1 N–H and O–H groups in total. The first kappa shape index (κ1) is 20.5. The molecule has 1 aromatic rings. The third-order valence-electron chi connectivity index (χ3n) is 4.92. The zero-order valence-corrected chi connectivity index (χ0v) is 16.9. The molecule has 2 rings (SSSR count). The maximum absolute atomic E-state index is 6.25. The van der Waals surface area contributed by atoms with Gasteiger partial charge in [-0.1, -0.05) is 41.3 Å². The number of nitrogens with one attached hydrogen (secondary N) is 1. The molecule has 1 aliphatic rings. The summed E-state index contributed by atoms with van der Waals surface area (Å²) < 4.78 is 0. The lowest BCUT2D eigenvalue weighted by Crippen LogP contribution is -2.35. The number of oxime groups is 1. The number of piperidine rings is 1. The minimum atomic E-state index is 0.154. The van der Waals surface area contributed by atoms with Gasteiger partial charge in [0.15, 0.2) is 0 Å². The van der Waals surface area contributed by atoms with Crippen molar-refractivity contribution in [1.82, 2.24) is 10.2 Å². The van der Waals surface area contributed by atoms with Crippen LogP contribution in [0.3, 0.4) is 0 Å². The van der Waals surface area contributed by atoms with Crippen molar-refractivity contribution in [2.24, 2.45) is 11.1 Å². The van der Waals surface area contributed by atoms with Crippen LogP contribution in [0.4, 0.5) is 0 Å². The summed E-state index contributed by atoms with van der Waals surface area (Å²) in [5.41, 5.74) is 2.11. The molecule has 0 amide bonds. The maximum Gasteiger partial charge on any atom is 0.106 e. The molecule has 0 radical (unpaired) electrons. The van der Waals surface area contributed by atoms with E-state index in [1.54, 1.807) is 7.11 Å². The fraction of sp³-hybridized carbons (Fsp3) is 0.632. The summed E-state index contributed by atoms with van der Waals surface area (Å²) in [5.74, 6) is 0.999. The topological polar surface area (TPSA) is 36.9 Å². The molecule has 1 fully saturated rings. The van der Waals surface area contributed by atoms with Gasteiger partial charge in [0.05, 0.1) is 15.8 Å². The minimum Gasteiger partial charge on any atom is -0.399 e. The lowest BCUT2D eigenvalue weighted by atomic mass is 9.90. The van der Waals surface area contributed by atoms with E-state index >= 15 is 0 Å². The van der Waals surface area contributed by atoms with Crippen molar-refractivity contribution in [3.63, 3.8) is 0 Å². The van der Waals surface area contributed by atoms with E-state index in [1.165, 1.54) is 25.9 Å². The molecule has 1 unspecified atom stereocenters. The van der Waals surface area contributed by atoms with Crippen LogP contribution in [0.1, 0.15) is 37.7 Å². The Labute approximate surface area is 161 Å². The SMILES string of the molecule is CNC/C(=N\OC)C(CCN1CCC(C)CC1)c1ccc(Cl)c(Cl)c1. The van der Waals surface area contributed by atoms with E-state index in [1.807, 2.05) is 25.2 Å². The Hall–Kier alpha value is -0.810. The van der Waals surface area contributed by atoms with E-state index in [4.69, 9.17) is 28.0 Å². The van der Waals surface area contributed by atoms with Gasteiger partial charge < -0.3 is 15.1 Å². The summed E-state index contributed by atoms with van der Waals surface area (Å²) in [4.78, 5) is 7.64. The van der Waals surface area contributed by atoms with Crippen molar-refractivity contribution in [3.05, 3.63) is 33.8 Å². The molecule has 140 valence electrons. The van der Waals surface area contributed by atoms with E-state index in [9.17, 15) is 0 Å². The first-order valence-electron chi connectivity index (χ1n) is 8.97. The first-order chi connectivity index (χ1) is 12.0. The normalized spacial score (nSPS) is 18.4. The fourth-order valence-electron chi connectivity index (χ4n) is 3.37. The number of hydrogen-bond donors (Lipinski definition) is 1. The van der Waals surface area contributed by atoms with Crippen molar-refractivity contribution in [3.8, 4) is 0 Å². The van der Waals surface area contributed by atoms with E-state index in [0.717, 1.165) is 30.2 Å². The standard InChI is InChI=1S/C19H29Cl2N3O/c1-14-6-9-24(10-7-14)11-8-16(19(13-22-2)23-25-3)15-4-5-17(20)18(21)12-15/h4-5,12,14,16,22H,6-11,13H2,1-3H3/b23-19+. The Bertz CT molecular complexity index is 572. The molecule has 25 heavy (non-hydrogen) atoms. The second kappa shape index (κ2) is 10.4. The highest BCUT2D eigenvalue weighted by Gasteiger charge is 2.22. The summed E-state index contributed by atoms with van der Waals surface area (Å²) in [7, 11) is 3.51. The van der Waals surface area contributed by atoms with E-state index < -0.39 is 0 Å². The van der Waals surface area contributed by atoms with Crippen LogP contribution in [0.5, 0.6) is 0 Å². The average Bonchev–Trinajstić information content (AvgIpc) is 2.60. The Morgan fingerprint density at radius 2 is 2.04 bits per heavy atom. The summed E-state index contributed by atoms with van der Waals surface area (Å²) in [5, 5.41) is 8.62. The predicted molar refractivity (Wildman–Crippen MR) is 107 cm³/mol. The molecule has 6 heteroatoms. The van der Waals surface area contributed by atoms with E-state index in [2.05, 4.69) is 22.3 Å². The monoisotopic (exact) mass is 385 g/mol. The van der Waals surface area contributed by atoms with Crippen LogP contribution in [-0.4, -0.2) is 50.9 Å². The molecular formula is C19H29Cl2N3O. The fourth-order valence-corrected chi connectivity index (χ4v) is 3.68. The third-order valence-corrected chi connectivity index (χ3v) is 5.66. The molecule has 1 heterocycles. The molecular weight excluding hydrogens is 357 g/mol. The number of nitrogens with zero attached hydrogens (tertiary/aromatic N) is 2. The molecule has 1 aromatic carbocycles. The van der Waals surface area contributed by atoms with Gasteiger partial charge in [-0.15, -0.1) is 0 Å². The van der Waals surface area contributed by atoms with Crippen LogP contribution in [0.2, 0.25) is 10.0 Å². The van der Waals surface area contributed by atoms with Gasteiger partial charge in [-0.2, -0.15) is 0 Å². The van der Waals surface area contributed by atoms with Crippen LogP contribution in [0, 0.1) is 5.92 Å². The quantitative estimate of drug-likeness (QED) is 0.531.